The van der Waals surface area contributed by atoms with Crippen LogP contribution < -0.4 is 5.32 Å². The Hall–Kier alpha value is -0.690. The number of carbonyl (C=O) groups excluding carboxylic acids is 1. The second kappa shape index (κ2) is 9.25. The largest absolute Gasteiger partial charge is 0.389 e. The first-order valence-electron chi connectivity index (χ1n) is 6.95. The van der Waals surface area contributed by atoms with Crippen molar-refractivity contribution in [2.24, 2.45) is 0 Å². The third-order valence-electron chi connectivity index (χ3n) is 3.19. The molecule has 2 unspecified atom stereocenters. The second-order valence-electron chi connectivity index (χ2n) is 4.87. The molecule has 2 N–H and O–H groups in total. The highest BCUT2D eigenvalue weighted by Gasteiger charge is 2.16. The molecule has 0 bridgehead atoms. The van der Waals surface area contributed by atoms with E-state index < -0.39 is 6.10 Å². The van der Waals surface area contributed by atoms with Crippen molar-refractivity contribution in [3.05, 3.63) is 0 Å². The van der Waals surface area contributed by atoms with E-state index in [0.717, 1.165) is 19.4 Å². The molecule has 0 saturated carbocycles. The molecule has 112 valence electrons. The summed E-state index contributed by atoms with van der Waals surface area (Å²) in [4.78, 5) is 13.1. The number of rotatable bonds is 9. The lowest BCUT2D eigenvalue weighted by Crippen LogP contribution is -2.39. The summed E-state index contributed by atoms with van der Waals surface area (Å²) in [5.74, 6) is 0.0231. The van der Waals surface area contributed by atoms with Crippen LogP contribution in [0.3, 0.4) is 0 Å². The summed E-state index contributed by atoms with van der Waals surface area (Å²) in [5.41, 5.74) is 0. The Morgan fingerprint density at radius 1 is 1.63 bits per heavy atom. The summed E-state index contributed by atoms with van der Waals surface area (Å²) in [6.45, 7) is 4.83. The number of likely N-dealkylation sites (N-methyl/N-ethyl adjacent to an activating group) is 1. The van der Waals surface area contributed by atoms with Gasteiger partial charge in [-0.2, -0.15) is 0 Å². The Morgan fingerprint density at radius 2 is 2.42 bits per heavy atom. The predicted molar refractivity (Wildman–Crippen MR) is 72.0 cm³/mol. The number of hydrogen-bond acceptors (Lipinski definition) is 5. The van der Waals surface area contributed by atoms with Gasteiger partial charge in [0.05, 0.1) is 32.0 Å². The van der Waals surface area contributed by atoms with Gasteiger partial charge in [0.2, 0.25) is 5.91 Å². The number of nitrogens with one attached hydrogen (secondary N) is 1. The molecule has 1 rings (SSSR count). The standard InChI is InChI=1S/C13H26N2O4/c1-3-15(2)13(17)8-14-7-11(16)9-18-10-12-5-4-6-19-12/h11-12,14,16H,3-10H2,1-2H3. The van der Waals surface area contributed by atoms with Gasteiger partial charge in [-0.3, -0.25) is 4.79 Å². The molecule has 0 aromatic rings. The van der Waals surface area contributed by atoms with E-state index in [9.17, 15) is 9.90 Å². The first-order valence-corrected chi connectivity index (χ1v) is 6.95. The molecule has 1 heterocycles. The lowest BCUT2D eigenvalue weighted by molar-refractivity contribution is -0.128. The van der Waals surface area contributed by atoms with E-state index in [1.165, 1.54) is 0 Å². The first-order chi connectivity index (χ1) is 9.13. The molecule has 0 aliphatic carbocycles. The maximum absolute atomic E-state index is 11.5. The number of aliphatic hydroxyl groups is 1. The number of amides is 1. The van der Waals surface area contributed by atoms with Crippen LogP contribution in [0.15, 0.2) is 0 Å². The number of hydrogen-bond donors (Lipinski definition) is 2. The van der Waals surface area contributed by atoms with Crippen LogP contribution in [0.4, 0.5) is 0 Å². The third-order valence-corrected chi connectivity index (χ3v) is 3.19. The van der Waals surface area contributed by atoms with Crippen molar-refractivity contribution < 1.29 is 19.4 Å². The van der Waals surface area contributed by atoms with Gasteiger partial charge in [-0.25, -0.2) is 0 Å². The molecular weight excluding hydrogens is 248 g/mol. The quantitative estimate of drug-likeness (QED) is 0.599. The van der Waals surface area contributed by atoms with Crippen LogP contribution in [-0.2, 0) is 14.3 Å². The topological polar surface area (TPSA) is 71.0 Å². The molecule has 2 atom stereocenters. The summed E-state index contributed by atoms with van der Waals surface area (Å²) < 4.78 is 10.8. The molecule has 6 nitrogen and oxygen atoms in total. The van der Waals surface area contributed by atoms with Gasteiger partial charge < -0.3 is 24.8 Å². The predicted octanol–water partition coefficient (Wildman–Crippen LogP) is -0.389. The molecule has 1 aliphatic heterocycles. The average molecular weight is 274 g/mol. The summed E-state index contributed by atoms with van der Waals surface area (Å²) in [6, 6.07) is 0. The minimum atomic E-state index is -0.596. The van der Waals surface area contributed by atoms with Crippen LogP contribution in [0.5, 0.6) is 0 Å². The van der Waals surface area contributed by atoms with E-state index in [-0.39, 0.29) is 25.2 Å². The van der Waals surface area contributed by atoms with Gasteiger partial charge in [0.15, 0.2) is 0 Å². The fourth-order valence-corrected chi connectivity index (χ4v) is 1.83. The monoisotopic (exact) mass is 274 g/mol. The molecule has 0 radical (unpaired) electrons. The molecule has 1 amide bonds. The normalized spacial score (nSPS) is 20.5. The Morgan fingerprint density at radius 3 is 3.05 bits per heavy atom. The van der Waals surface area contributed by atoms with Gasteiger partial charge in [-0.15, -0.1) is 0 Å². The van der Waals surface area contributed by atoms with Gasteiger partial charge in [0, 0.05) is 26.7 Å². The Labute approximate surface area is 115 Å². The molecule has 1 fully saturated rings. The van der Waals surface area contributed by atoms with Crippen LogP contribution in [0.1, 0.15) is 19.8 Å². The van der Waals surface area contributed by atoms with E-state index in [4.69, 9.17) is 9.47 Å². The molecule has 19 heavy (non-hydrogen) atoms. The van der Waals surface area contributed by atoms with Crippen LogP contribution in [-0.4, -0.2) is 74.6 Å². The van der Waals surface area contributed by atoms with Gasteiger partial charge in [-0.1, -0.05) is 0 Å². The fourth-order valence-electron chi connectivity index (χ4n) is 1.83. The van der Waals surface area contributed by atoms with Gasteiger partial charge in [0.25, 0.3) is 0 Å². The van der Waals surface area contributed by atoms with Crippen molar-refractivity contribution in [3.63, 3.8) is 0 Å². The zero-order valence-corrected chi connectivity index (χ0v) is 11.9. The van der Waals surface area contributed by atoms with Gasteiger partial charge in [0.1, 0.15) is 0 Å². The van der Waals surface area contributed by atoms with Crippen molar-refractivity contribution in [2.45, 2.75) is 32.0 Å². The molecule has 0 aromatic heterocycles. The highest BCUT2D eigenvalue weighted by Crippen LogP contribution is 2.11. The van der Waals surface area contributed by atoms with Crippen molar-refractivity contribution in [1.82, 2.24) is 10.2 Å². The number of carbonyl (C=O) groups is 1. The molecule has 0 aromatic carbocycles. The van der Waals surface area contributed by atoms with Crippen LogP contribution >= 0.6 is 0 Å². The van der Waals surface area contributed by atoms with Crippen molar-refractivity contribution in [2.75, 3.05) is 46.5 Å². The third kappa shape index (κ3) is 6.87. The second-order valence-corrected chi connectivity index (χ2v) is 4.87. The number of ether oxygens (including phenoxy) is 2. The fraction of sp³-hybridized carbons (Fsp3) is 0.923. The first kappa shape index (κ1) is 16.4. The molecule has 6 heteroatoms. The maximum Gasteiger partial charge on any atom is 0.236 e. The highest BCUT2D eigenvalue weighted by molar-refractivity contribution is 5.77. The lowest BCUT2D eigenvalue weighted by atomic mass is 10.2. The summed E-state index contributed by atoms with van der Waals surface area (Å²) >= 11 is 0. The SMILES string of the molecule is CCN(C)C(=O)CNCC(O)COCC1CCCO1. The zero-order chi connectivity index (χ0) is 14.1. The van der Waals surface area contributed by atoms with Gasteiger partial charge >= 0.3 is 0 Å². The summed E-state index contributed by atoms with van der Waals surface area (Å²) in [5, 5.41) is 12.6. The van der Waals surface area contributed by atoms with E-state index >= 15 is 0 Å². The zero-order valence-electron chi connectivity index (χ0n) is 11.9. The van der Waals surface area contributed by atoms with Crippen molar-refractivity contribution >= 4 is 5.91 Å². The summed E-state index contributed by atoms with van der Waals surface area (Å²) in [7, 11) is 1.76. The van der Waals surface area contributed by atoms with E-state index in [2.05, 4.69) is 5.32 Å². The molecular formula is C13H26N2O4. The highest BCUT2D eigenvalue weighted by atomic mass is 16.5. The lowest BCUT2D eigenvalue weighted by Gasteiger charge is -2.17. The Kier molecular flexibility index (Phi) is 7.97. The average Bonchev–Trinajstić information content (AvgIpc) is 2.90. The molecule has 0 spiro atoms. The van der Waals surface area contributed by atoms with Crippen molar-refractivity contribution in [1.29, 1.82) is 0 Å². The number of aliphatic hydroxyl groups excluding tert-OH is 1. The van der Waals surface area contributed by atoms with Crippen LogP contribution in [0.2, 0.25) is 0 Å². The van der Waals surface area contributed by atoms with Gasteiger partial charge in [-0.05, 0) is 19.8 Å². The van der Waals surface area contributed by atoms with Crippen LogP contribution in [0, 0.1) is 0 Å². The summed E-state index contributed by atoms with van der Waals surface area (Å²) in [6.07, 6.45) is 1.71. The minimum Gasteiger partial charge on any atom is -0.389 e. The van der Waals surface area contributed by atoms with E-state index in [1.807, 2.05) is 6.92 Å². The minimum absolute atomic E-state index is 0.0231. The van der Waals surface area contributed by atoms with E-state index in [0.29, 0.717) is 19.7 Å². The Balaban J connectivity index is 1.98. The van der Waals surface area contributed by atoms with E-state index in [1.54, 1.807) is 11.9 Å². The molecule has 1 saturated heterocycles. The molecule has 1 aliphatic rings. The van der Waals surface area contributed by atoms with Crippen LogP contribution in [0.25, 0.3) is 0 Å². The number of nitrogens with zero attached hydrogens (tertiary/aromatic N) is 1. The maximum atomic E-state index is 11.5. The van der Waals surface area contributed by atoms with Crippen molar-refractivity contribution in [3.8, 4) is 0 Å². The smallest absolute Gasteiger partial charge is 0.236 e. The Bertz CT molecular complexity index is 257.